The summed E-state index contributed by atoms with van der Waals surface area (Å²) >= 11 is 0. The van der Waals surface area contributed by atoms with Crippen LogP contribution in [-0.2, 0) is 14.0 Å². The van der Waals surface area contributed by atoms with E-state index in [4.69, 9.17) is 9.16 Å². The lowest BCUT2D eigenvalue weighted by Gasteiger charge is -2.59. The van der Waals surface area contributed by atoms with Crippen LogP contribution in [0.5, 0.6) is 0 Å². The zero-order valence-corrected chi connectivity index (χ0v) is 21.2. The molecule has 170 valence electrons. The molecule has 3 fully saturated rings. The van der Waals surface area contributed by atoms with Crippen molar-refractivity contribution in [2.24, 2.45) is 34.5 Å². The number of hydrogen-bond acceptors (Lipinski definition) is 3. The Labute approximate surface area is 185 Å². The first-order valence-electron chi connectivity index (χ1n) is 12.6. The quantitative estimate of drug-likeness (QED) is 0.277. The average molecular weight is 433 g/mol. The van der Waals surface area contributed by atoms with Gasteiger partial charge in [0.05, 0.1) is 17.6 Å². The molecule has 0 N–H and O–H groups in total. The van der Waals surface area contributed by atoms with Crippen molar-refractivity contribution in [3.05, 3.63) is 11.6 Å². The van der Waals surface area contributed by atoms with Crippen molar-refractivity contribution < 1.29 is 14.0 Å². The van der Waals surface area contributed by atoms with E-state index >= 15 is 0 Å². The van der Waals surface area contributed by atoms with Crippen LogP contribution < -0.4 is 0 Å². The van der Waals surface area contributed by atoms with Gasteiger partial charge >= 0.3 is 0 Å². The summed E-state index contributed by atoms with van der Waals surface area (Å²) in [6.07, 6.45) is 13.5. The Kier molecular flexibility index (Phi) is 6.18. The molecule has 0 aromatic rings. The molecule has 4 aliphatic carbocycles. The Morgan fingerprint density at radius 1 is 1.13 bits per heavy atom. The average Bonchev–Trinajstić information content (AvgIpc) is 3.01. The maximum atomic E-state index is 12.7. The highest BCUT2D eigenvalue weighted by Crippen LogP contribution is 2.66. The topological polar surface area (TPSA) is 35.5 Å². The zero-order valence-electron chi connectivity index (χ0n) is 20.2. The minimum absolute atomic E-state index is 0.218. The smallest absolute Gasteiger partial charge is 0.184 e. The normalized spacial score (nSPS) is 45.9. The van der Waals surface area contributed by atoms with Gasteiger partial charge in [-0.2, -0.15) is 0 Å². The number of rotatable bonds is 6. The zero-order chi connectivity index (χ0) is 21.7. The lowest BCUT2D eigenvalue weighted by molar-refractivity contribution is -0.136. The van der Waals surface area contributed by atoms with Gasteiger partial charge in [0.2, 0.25) is 0 Å². The Balaban J connectivity index is 1.62. The van der Waals surface area contributed by atoms with E-state index in [2.05, 4.69) is 46.5 Å². The van der Waals surface area contributed by atoms with Crippen LogP contribution in [0.3, 0.4) is 0 Å². The molecule has 0 aliphatic heterocycles. The Bertz CT molecular complexity index is 682. The number of allylic oxidation sites excluding steroid dienone is 1. The third-order valence-electron chi connectivity index (χ3n) is 9.17. The van der Waals surface area contributed by atoms with Gasteiger partial charge < -0.3 is 14.0 Å². The minimum atomic E-state index is -1.58. The summed E-state index contributed by atoms with van der Waals surface area (Å²) in [4.78, 5) is 12.7. The third-order valence-corrected chi connectivity index (χ3v) is 10.2. The largest absolute Gasteiger partial charge is 0.411 e. The molecular formula is C26H44O3Si. The van der Waals surface area contributed by atoms with Gasteiger partial charge in [0.1, 0.15) is 6.29 Å². The molecule has 8 atom stereocenters. The van der Waals surface area contributed by atoms with Crippen molar-refractivity contribution in [1.82, 2.24) is 0 Å². The monoisotopic (exact) mass is 432 g/mol. The molecule has 3 unspecified atom stereocenters. The number of carbonyl (C=O) groups excluding carboxylic acids is 1. The van der Waals surface area contributed by atoms with E-state index in [0.29, 0.717) is 35.2 Å². The first-order valence-corrected chi connectivity index (χ1v) is 16.0. The lowest BCUT2D eigenvalue weighted by atomic mass is 9.45. The van der Waals surface area contributed by atoms with E-state index in [1.54, 1.807) is 0 Å². The molecule has 3 saturated carbocycles. The molecule has 3 nitrogen and oxygen atoms in total. The van der Waals surface area contributed by atoms with Crippen molar-refractivity contribution in [3.63, 3.8) is 0 Å². The minimum Gasteiger partial charge on any atom is -0.411 e. The Morgan fingerprint density at radius 3 is 2.57 bits per heavy atom. The van der Waals surface area contributed by atoms with Gasteiger partial charge in [0.15, 0.2) is 8.32 Å². The number of carbonyl (C=O) groups is 1. The summed E-state index contributed by atoms with van der Waals surface area (Å²) in [5.41, 5.74) is 1.50. The molecule has 0 aromatic carbocycles. The standard InChI is InChI=1S/C26H44O3Si/c1-7-14-28-23-9-8-21-24-18(2)15-19-16-20(29-30(4,5)6)10-13-26(19,17-27)22(24)11-12-25(21,23)3/h16-18,20-24H,7-15H2,1-6H3/t18?,20?,21-,22+,23?,24-,25-,26+/m0/s1. The van der Waals surface area contributed by atoms with Crippen LogP contribution in [-0.4, -0.2) is 33.4 Å². The maximum absolute atomic E-state index is 12.7. The van der Waals surface area contributed by atoms with E-state index in [-0.39, 0.29) is 11.5 Å². The van der Waals surface area contributed by atoms with Crippen LogP contribution in [0.4, 0.5) is 0 Å². The molecule has 4 heteroatoms. The van der Waals surface area contributed by atoms with Crippen molar-refractivity contribution in [1.29, 1.82) is 0 Å². The Hall–Kier alpha value is -0.453. The molecule has 0 amide bonds. The molecule has 0 radical (unpaired) electrons. The fraction of sp³-hybridized carbons (Fsp3) is 0.885. The number of ether oxygens (including phenoxy) is 1. The highest BCUT2D eigenvalue weighted by Gasteiger charge is 2.62. The molecule has 0 aromatic heterocycles. The van der Waals surface area contributed by atoms with Crippen LogP contribution in [0.2, 0.25) is 19.6 Å². The third kappa shape index (κ3) is 3.69. The van der Waals surface area contributed by atoms with E-state index in [9.17, 15) is 4.79 Å². The first-order chi connectivity index (χ1) is 14.1. The molecule has 0 saturated heterocycles. The number of aldehydes is 1. The SMILES string of the molecule is CCCOC1CC[C@H]2[C@@H]3C(C)CC4=CC(O[Si](C)(C)C)CC[C@]4(C=O)[C@@H]3CC[C@]12C. The second-order valence-corrected chi connectivity index (χ2v) is 16.6. The fourth-order valence-electron chi connectivity index (χ4n) is 8.01. The van der Waals surface area contributed by atoms with Gasteiger partial charge in [0.25, 0.3) is 0 Å². The fourth-order valence-corrected chi connectivity index (χ4v) is 9.11. The van der Waals surface area contributed by atoms with Gasteiger partial charge in [-0.15, -0.1) is 0 Å². The van der Waals surface area contributed by atoms with Gasteiger partial charge in [-0.25, -0.2) is 0 Å². The molecule has 0 bridgehead atoms. The van der Waals surface area contributed by atoms with Crippen molar-refractivity contribution >= 4 is 14.6 Å². The summed E-state index contributed by atoms with van der Waals surface area (Å²) in [6.45, 7) is 14.9. The van der Waals surface area contributed by atoms with E-state index in [0.717, 1.165) is 32.3 Å². The van der Waals surface area contributed by atoms with Gasteiger partial charge in [-0.1, -0.05) is 32.4 Å². The molecule has 0 spiro atoms. The summed E-state index contributed by atoms with van der Waals surface area (Å²) in [5.74, 6) is 2.54. The van der Waals surface area contributed by atoms with E-state index in [1.807, 2.05) is 0 Å². The van der Waals surface area contributed by atoms with E-state index < -0.39 is 8.32 Å². The lowest BCUT2D eigenvalue weighted by Crippen LogP contribution is -2.55. The number of hydrogen-bond donors (Lipinski definition) is 0. The molecule has 4 aliphatic rings. The molecule has 4 rings (SSSR count). The van der Waals surface area contributed by atoms with Crippen LogP contribution in [0.1, 0.15) is 72.1 Å². The second-order valence-electron chi connectivity index (χ2n) is 12.1. The van der Waals surface area contributed by atoms with Gasteiger partial charge in [0, 0.05) is 6.61 Å². The van der Waals surface area contributed by atoms with E-state index in [1.165, 1.54) is 37.5 Å². The number of fused-ring (bicyclic) bond motifs is 5. The first kappa shape index (κ1) is 22.7. The summed E-state index contributed by atoms with van der Waals surface area (Å²) < 4.78 is 12.8. The van der Waals surface area contributed by atoms with Crippen LogP contribution in [0, 0.1) is 34.5 Å². The highest BCUT2D eigenvalue weighted by atomic mass is 28.4. The van der Waals surface area contributed by atoms with Gasteiger partial charge in [-0.3, -0.25) is 0 Å². The summed E-state index contributed by atoms with van der Waals surface area (Å²) in [6, 6.07) is 0. The summed E-state index contributed by atoms with van der Waals surface area (Å²) in [7, 11) is -1.58. The molecular weight excluding hydrogens is 388 g/mol. The van der Waals surface area contributed by atoms with Crippen molar-refractivity contribution in [2.75, 3.05) is 6.61 Å². The Morgan fingerprint density at radius 2 is 1.90 bits per heavy atom. The van der Waals surface area contributed by atoms with Crippen molar-refractivity contribution in [3.8, 4) is 0 Å². The molecule has 0 heterocycles. The van der Waals surface area contributed by atoms with Crippen LogP contribution >= 0.6 is 0 Å². The van der Waals surface area contributed by atoms with Crippen molar-refractivity contribution in [2.45, 2.75) is 104 Å². The van der Waals surface area contributed by atoms with Gasteiger partial charge in [-0.05, 0) is 100 Å². The predicted octanol–water partition coefficient (Wildman–Crippen LogP) is 6.39. The van der Waals surface area contributed by atoms with Crippen LogP contribution in [0.15, 0.2) is 11.6 Å². The second kappa shape index (κ2) is 8.15. The maximum Gasteiger partial charge on any atom is 0.184 e. The van der Waals surface area contributed by atoms with Crippen LogP contribution in [0.25, 0.3) is 0 Å². The highest BCUT2D eigenvalue weighted by molar-refractivity contribution is 6.69. The molecule has 30 heavy (non-hydrogen) atoms. The predicted molar refractivity (Wildman–Crippen MR) is 125 cm³/mol. The summed E-state index contributed by atoms with van der Waals surface area (Å²) in [5, 5.41) is 0.